The number of carbonyl (C=O) groups is 2. The normalized spacial score (nSPS) is 18.0. The molecule has 0 spiro atoms. The smallest absolute Gasteiger partial charge is 0.258 e. The Hall–Kier alpha value is -4.01. The summed E-state index contributed by atoms with van der Waals surface area (Å²) in [5.74, 6) is 0.720. The molecule has 0 aromatic heterocycles. The van der Waals surface area contributed by atoms with Gasteiger partial charge in [0.05, 0.1) is 35.6 Å². The van der Waals surface area contributed by atoms with Crippen molar-refractivity contribution in [1.82, 2.24) is 9.80 Å². The zero-order valence-corrected chi connectivity index (χ0v) is 23.4. The van der Waals surface area contributed by atoms with Crippen LogP contribution in [0.5, 0.6) is 5.75 Å². The van der Waals surface area contributed by atoms with Gasteiger partial charge in [0, 0.05) is 55.1 Å². The number of benzene rings is 3. The van der Waals surface area contributed by atoms with Gasteiger partial charge in [-0.3, -0.25) is 9.59 Å². The Kier molecular flexibility index (Phi) is 7.12. The minimum atomic E-state index is -0.204. The van der Waals surface area contributed by atoms with Crippen LogP contribution in [0.15, 0.2) is 60.7 Å². The Bertz CT molecular complexity index is 1500. The molecular weight excluding hydrogens is 526 g/mol. The number of carbonyl (C=O) groups excluding carboxylic acids is 2. The summed E-state index contributed by atoms with van der Waals surface area (Å²) in [4.78, 5) is 32.5. The minimum absolute atomic E-state index is 0.147. The second-order valence-electron chi connectivity index (χ2n) is 10.5. The van der Waals surface area contributed by atoms with Gasteiger partial charge in [-0.15, -0.1) is 0 Å². The number of hydrogen-bond donors (Lipinski definition) is 2. The lowest BCUT2D eigenvalue weighted by atomic mass is 9.99. The van der Waals surface area contributed by atoms with Crippen molar-refractivity contribution in [3.63, 3.8) is 0 Å². The third-order valence-electron chi connectivity index (χ3n) is 7.75. The van der Waals surface area contributed by atoms with Crippen molar-refractivity contribution in [1.29, 1.82) is 0 Å². The van der Waals surface area contributed by atoms with E-state index in [-0.39, 0.29) is 11.8 Å². The van der Waals surface area contributed by atoms with Crippen molar-refractivity contribution in [2.75, 3.05) is 69.0 Å². The Morgan fingerprint density at radius 1 is 0.975 bits per heavy atom. The molecule has 0 saturated carbocycles. The highest BCUT2D eigenvalue weighted by Gasteiger charge is 2.29. The standard InChI is InChI=1S/C31H32ClN5O3/c1-35-11-13-37(14-12-35)28(38)17-20-3-7-23(8-4-20)33-30(21-5-10-26-27(18-21)40-16-15-36(26)2)29-24-9-6-22(32)19-25(24)34-31(29)39/h3-10,18-19,33H,11-17H2,1-2H3,(H,34,39)/b30-29-. The van der Waals surface area contributed by atoms with Gasteiger partial charge in [0.1, 0.15) is 12.4 Å². The molecule has 3 aromatic carbocycles. The van der Waals surface area contributed by atoms with Gasteiger partial charge < -0.3 is 30.1 Å². The van der Waals surface area contributed by atoms with E-state index < -0.39 is 0 Å². The molecule has 3 aromatic rings. The molecule has 3 aliphatic rings. The fourth-order valence-corrected chi connectivity index (χ4v) is 5.55. The Morgan fingerprint density at radius 3 is 2.52 bits per heavy atom. The zero-order chi connectivity index (χ0) is 27.8. The molecule has 40 heavy (non-hydrogen) atoms. The van der Waals surface area contributed by atoms with E-state index in [2.05, 4.69) is 27.5 Å². The molecule has 2 N–H and O–H groups in total. The summed E-state index contributed by atoms with van der Waals surface area (Å²) in [5.41, 5.74) is 6.26. The Morgan fingerprint density at radius 2 is 1.75 bits per heavy atom. The van der Waals surface area contributed by atoms with Crippen LogP contribution in [0.1, 0.15) is 16.7 Å². The SMILES string of the molecule is CN1CCN(C(=O)Cc2ccc(N/C(=C3\C(=O)Nc4cc(Cl)ccc43)c3ccc4c(c3)OCCN4C)cc2)CC1. The molecule has 0 radical (unpaired) electrons. The number of nitrogens with zero attached hydrogens (tertiary/aromatic N) is 3. The highest BCUT2D eigenvalue weighted by Crippen LogP contribution is 2.41. The molecule has 206 valence electrons. The number of halogens is 1. The number of piperazine rings is 1. The van der Waals surface area contributed by atoms with Gasteiger partial charge in [-0.05, 0) is 49.0 Å². The van der Waals surface area contributed by atoms with Crippen LogP contribution in [0.3, 0.4) is 0 Å². The molecule has 3 aliphatic heterocycles. The lowest BCUT2D eigenvalue weighted by Gasteiger charge is -2.32. The van der Waals surface area contributed by atoms with Crippen LogP contribution in [-0.2, 0) is 16.0 Å². The predicted octanol–water partition coefficient (Wildman–Crippen LogP) is 4.42. The number of nitrogens with one attached hydrogen (secondary N) is 2. The summed E-state index contributed by atoms with van der Waals surface area (Å²) >= 11 is 6.21. The number of anilines is 3. The monoisotopic (exact) mass is 557 g/mol. The number of ether oxygens (including phenoxy) is 1. The summed E-state index contributed by atoms with van der Waals surface area (Å²) < 4.78 is 5.97. The molecule has 1 fully saturated rings. The summed E-state index contributed by atoms with van der Waals surface area (Å²) in [6, 6.07) is 19.2. The van der Waals surface area contributed by atoms with Crippen LogP contribution in [-0.4, -0.2) is 75.0 Å². The molecule has 9 heteroatoms. The number of fused-ring (bicyclic) bond motifs is 2. The molecular formula is C31H32ClN5O3. The average molecular weight is 558 g/mol. The predicted molar refractivity (Wildman–Crippen MR) is 160 cm³/mol. The van der Waals surface area contributed by atoms with Crippen LogP contribution in [0.4, 0.5) is 17.1 Å². The second kappa shape index (κ2) is 10.9. The first-order chi connectivity index (χ1) is 19.4. The van der Waals surface area contributed by atoms with Crippen LogP contribution in [0, 0.1) is 0 Å². The average Bonchev–Trinajstić information content (AvgIpc) is 3.27. The van der Waals surface area contributed by atoms with Crippen molar-refractivity contribution in [2.45, 2.75) is 6.42 Å². The Labute approximate surface area is 239 Å². The van der Waals surface area contributed by atoms with E-state index in [1.54, 1.807) is 12.1 Å². The van der Waals surface area contributed by atoms with E-state index in [0.29, 0.717) is 35.0 Å². The quantitative estimate of drug-likeness (QED) is 0.452. The van der Waals surface area contributed by atoms with Crippen molar-refractivity contribution < 1.29 is 14.3 Å². The third-order valence-corrected chi connectivity index (χ3v) is 7.99. The lowest BCUT2D eigenvalue weighted by molar-refractivity contribution is -0.132. The highest BCUT2D eigenvalue weighted by molar-refractivity contribution is 6.38. The third kappa shape index (κ3) is 5.24. The minimum Gasteiger partial charge on any atom is -0.490 e. The number of amides is 2. The first-order valence-electron chi connectivity index (χ1n) is 13.5. The molecule has 1 saturated heterocycles. The fraction of sp³-hybridized carbons (Fsp3) is 0.290. The molecule has 8 nitrogen and oxygen atoms in total. The summed E-state index contributed by atoms with van der Waals surface area (Å²) in [7, 11) is 4.12. The largest absolute Gasteiger partial charge is 0.490 e. The van der Waals surface area contributed by atoms with Gasteiger partial charge in [0.2, 0.25) is 5.91 Å². The van der Waals surface area contributed by atoms with Gasteiger partial charge >= 0.3 is 0 Å². The van der Waals surface area contributed by atoms with Crippen molar-refractivity contribution in [2.24, 2.45) is 0 Å². The van der Waals surface area contributed by atoms with Crippen LogP contribution in [0.2, 0.25) is 5.02 Å². The van der Waals surface area contributed by atoms with E-state index in [0.717, 1.165) is 66.5 Å². The summed E-state index contributed by atoms with van der Waals surface area (Å²) in [6.07, 6.45) is 0.365. The molecule has 0 bridgehead atoms. The van der Waals surface area contributed by atoms with E-state index in [4.69, 9.17) is 16.3 Å². The van der Waals surface area contributed by atoms with Crippen molar-refractivity contribution >= 4 is 51.7 Å². The number of rotatable bonds is 5. The fourth-order valence-electron chi connectivity index (χ4n) is 5.38. The second-order valence-corrected chi connectivity index (χ2v) is 11.0. The molecule has 2 amide bonds. The van der Waals surface area contributed by atoms with Gasteiger partial charge in [-0.1, -0.05) is 35.9 Å². The summed E-state index contributed by atoms with van der Waals surface area (Å²) in [5, 5.41) is 7.02. The number of hydrogen-bond acceptors (Lipinski definition) is 6. The van der Waals surface area contributed by atoms with Crippen molar-refractivity contribution in [3.8, 4) is 5.75 Å². The van der Waals surface area contributed by atoms with E-state index in [1.165, 1.54) is 0 Å². The molecule has 0 atom stereocenters. The van der Waals surface area contributed by atoms with Gasteiger partial charge in [0.25, 0.3) is 5.91 Å². The van der Waals surface area contributed by atoms with Gasteiger partial charge in [-0.25, -0.2) is 0 Å². The van der Waals surface area contributed by atoms with E-state index in [1.807, 2.05) is 60.5 Å². The molecule has 6 rings (SSSR count). The summed E-state index contributed by atoms with van der Waals surface area (Å²) in [6.45, 7) is 4.75. The maximum Gasteiger partial charge on any atom is 0.258 e. The first-order valence-corrected chi connectivity index (χ1v) is 13.9. The van der Waals surface area contributed by atoms with Crippen LogP contribution in [0.25, 0.3) is 11.3 Å². The van der Waals surface area contributed by atoms with Gasteiger partial charge in [0.15, 0.2) is 0 Å². The maximum absolute atomic E-state index is 13.3. The maximum atomic E-state index is 13.3. The Balaban J connectivity index is 1.31. The van der Waals surface area contributed by atoms with Gasteiger partial charge in [-0.2, -0.15) is 0 Å². The highest BCUT2D eigenvalue weighted by atomic mass is 35.5. The topological polar surface area (TPSA) is 77.1 Å². The molecule has 3 heterocycles. The first kappa shape index (κ1) is 26.2. The molecule has 0 aliphatic carbocycles. The molecule has 0 unspecified atom stereocenters. The van der Waals surface area contributed by atoms with Crippen LogP contribution < -0.4 is 20.3 Å². The zero-order valence-electron chi connectivity index (χ0n) is 22.7. The van der Waals surface area contributed by atoms with Crippen LogP contribution >= 0.6 is 11.6 Å². The lowest BCUT2D eigenvalue weighted by Crippen LogP contribution is -2.47. The van der Waals surface area contributed by atoms with E-state index in [9.17, 15) is 9.59 Å². The number of likely N-dealkylation sites (N-methyl/N-ethyl adjacent to an activating group) is 2. The van der Waals surface area contributed by atoms with E-state index >= 15 is 0 Å². The van der Waals surface area contributed by atoms with Crippen molar-refractivity contribution in [3.05, 3.63) is 82.4 Å².